The zero-order valence-corrected chi connectivity index (χ0v) is 10.7. The maximum Gasteiger partial charge on any atom is 0.169 e. The molecule has 6 heteroatoms. The summed E-state index contributed by atoms with van der Waals surface area (Å²) in [5, 5.41) is 3.09. The van der Waals surface area contributed by atoms with Gasteiger partial charge >= 0.3 is 0 Å². The van der Waals surface area contributed by atoms with Gasteiger partial charge in [-0.05, 0) is 44.0 Å². The second kappa shape index (κ2) is 4.76. The molecule has 0 amide bonds. The van der Waals surface area contributed by atoms with E-state index in [1.54, 1.807) is 12.4 Å². The highest BCUT2D eigenvalue weighted by Crippen LogP contribution is 2.15. The first kappa shape index (κ1) is 10.6. The van der Waals surface area contributed by atoms with Gasteiger partial charge in [-0.2, -0.15) is 0 Å². The first-order chi connectivity index (χ1) is 7.24. The van der Waals surface area contributed by atoms with E-state index in [2.05, 4.69) is 47.1 Å². The van der Waals surface area contributed by atoms with Gasteiger partial charge in [-0.1, -0.05) is 0 Å². The molecule has 1 N–H and O–H groups in total. The molecular formula is C9H7Br2N3O. The van der Waals surface area contributed by atoms with E-state index in [1.807, 2.05) is 12.1 Å². The number of anilines is 1. The van der Waals surface area contributed by atoms with Gasteiger partial charge in [0, 0.05) is 0 Å². The summed E-state index contributed by atoms with van der Waals surface area (Å²) < 4.78 is 6.77. The largest absolute Gasteiger partial charge is 0.452 e. The normalized spacial score (nSPS) is 10.3. The minimum Gasteiger partial charge on any atom is -0.452 e. The summed E-state index contributed by atoms with van der Waals surface area (Å²) in [6, 6.07) is 3.74. The average Bonchev–Trinajstić information content (AvgIpc) is 2.64. The van der Waals surface area contributed by atoms with Gasteiger partial charge in [-0.25, -0.2) is 9.97 Å². The molecule has 15 heavy (non-hydrogen) atoms. The topological polar surface area (TPSA) is 51.0 Å². The van der Waals surface area contributed by atoms with Crippen molar-refractivity contribution in [2.24, 2.45) is 0 Å². The summed E-state index contributed by atoms with van der Waals surface area (Å²) in [5.74, 6) is 1.55. The van der Waals surface area contributed by atoms with Gasteiger partial charge in [0.15, 0.2) is 4.67 Å². The molecular weight excluding hydrogens is 326 g/mol. The fourth-order valence-electron chi connectivity index (χ4n) is 1.03. The Kier molecular flexibility index (Phi) is 3.37. The van der Waals surface area contributed by atoms with Crippen LogP contribution in [0.25, 0.3) is 0 Å². The molecule has 0 saturated heterocycles. The van der Waals surface area contributed by atoms with Crippen molar-refractivity contribution in [1.82, 2.24) is 9.97 Å². The Labute approximate surface area is 103 Å². The molecule has 4 nitrogen and oxygen atoms in total. The van der Waals surface area contributed by atoms with Gasteiger partial charge in [0.25, 0.3) is 0 Å². The van der Waals surface area contributed by atoms with Crippen LogP contribution in [0.5, 0.6) is 0 Å². The molecule has 78 valence electrons. The number of aromatic nitrogens is 2. The lowest BCUT2D eigenvalue weighted by Gasteiger charge is -2.01. The van der Waals surface area contributed by atoms with Crippen LogP contribution in [0, 0.1) is 0 Å². The highest BCUT2D eigenvalue weighted by Gasteiger charge is 2.00. The van der Waals surface area contributed by atoms with Crippen LogP contribution >= 0.6 is 31.9 Å². The molecule has 0 aliphatic rings. The highest BCUT2D eigenvalue weighted by atomic mass is 79.9. The maximum absolute atomic E-state index is 5.33. The van der Waals surface area contributed by atoms with E-state index in [-0.39, 0.29) is 0 Å². The summed E-state index contributed by atoms with van der Waals surface area (Å²) in [6.45, 7) is 0.585. The molecule has 0 atom stereocenters. The Morgan fingerprint density at radius 3 is 2.67 bits per heavy atom. The standard InChI is InChI=1S/C9H7Br2N3O/c10-7-4-14-9(5-12-7)13-3-6-1-2-8(11)15-6/h1-2,4-5H,3H2,(H,13,14). The lowest BCUT2D eigenvalue weighted by Crippen LogP contribution is -2.00. The Morgan fingerprint density at radius 2 is 2.07 bits per heavy atom. The summed E-state index contributed by atoms with van der Waals surface area (Å²) >= 11 is 6.46. The van der Waals surface area contributed by atoms with E-state index in [0.717, 1.165) is 10.4 Å². The Balaban J connectivity index is 1.96. The zero-order valence-electron chi connectivity index (χ0n) is 7.58. The maximum atomic E-state index is 5.33. The monoisotopic (exact) mass is 331 g/mol. The second-order valence-corrected chi connectivity index (χ2v) is 4.38. The summed E-state index contributed by atoms with van der Waals surface area (Å²) in [5.41, 5.74) is 0. The quantitative estimate of drug-likeness (QED) is 0.937. The van der Waals surface area contributed by atoms with Gasteiger partial charge < -0.3 is 9.73 Å². The number of hydrogen-bond acceptors (Lipinski definition) is 4. The Hall–Kier alpha value is -0.880. The smallest absolute Gasteiger partial charge is 0.169 e. The van der Waals surface area contributed by atoms with Crippen LogP contribution in [-0.4, -0.2) is 9.97 Å². The second-order valence-electron chi connectivity index (χ2n) is 2.78. The minimum atomic E-state index is 0.585. The van der Waals surface area contributed by atoms with Crippen molar-refractivity contribution in [2.75, 3.05) is 5.32 Å². The van der Waals surface area contributed by atoms with E-state index in [4.69, 9.17) is 4.42 Å². The molecule has 2 heterocycles. The van der Waals surface area contributed by atoms with Gasteiger partial charge in [-0.3, -0.25) is 0 Å². The van der Waals surface area contributed by atoms with Gasteiger partial charge in [-0.15, -0.1) is 0 Å². The van der Waals surface area contributed by atoms with Gasteiger partial charge in [0.1, 0.15) is 16.2 Å². The Bertz CT molecular complexity index is 441. The third-order valence-electron chi connectivity index (χ3n) is 1.69. The molecule has 0 bridgehead atoms. The average molecular weight is 333 g/mol. The summed E-state index contributed by atoms with van der Waals surface area (Å²) in [7, 11) is 0. The predicted octanol–water partition coefficient (Wildman–Crippen LogP) is 3.21. The predicted molar refractivity (Wildman–Crippen MR) is 63.5 cm³/mol. The molecule has 2 aromatic rings. The molecule has 0 spiro atoms. The summed E-state index contributed by atoms with van der Waals surface area (Å²) in [6.07, 6.45) is 3.29. The zero-order chi connectivity index (χ0) is 10.7. The van der Waals surface area contributed by atoms with Crippen molar-refractivity contribution in [3.63, 3.8) is 0 Å². The van der Waals surface area contributed by atoms with Crippen LogP contribution in [0.3, 0.4) is 0 Å². The molecule has 0 radical (unpaired) electrons. The van der Waals surface area contributed by atoms with Crippen LogP contribution in [0.15, 0.2) is 38.2 Å². The van der Waals surface area contributed by atoms with Gasteiger partial charge in [0.05, 0.1) is 18.9 Å². The van der Waals surface area contributed by atoms with Crippen LogP contribution < -0.4 is 5.32 Å². The molecule has 0 fully saturated rings. The van der Waals surface area contributed by atoms with Crippen LogP contribution in [0.1, 0.15) is 5.76 Å². The lowest BCUT2D eigenvalue weighted by molar-refractivity contribution is 0.495. The van der Waals surface area contributed by atoms with Gasteiger partial charge in [0.2, 0.25) is 0 Å². The van der Waals surface area contributed by atoms with E-state index >= 15 is 0 Å². The first-order valence-electron chi connectivity index (χ1n) is 4.19. The number of rotatable bonds is 3. The summed E-state index contributed by atoms with van der Waals surface area (Å²) in [4.78, 5) is 8.17. The molecule has 0 saturated carbocycles. The third kappa shape index (κ3) is 3.04. The van der Waals surface area contributed by atoms with E-state index in [1.165, 1.54) is 0 Å². The molecule has 2 aromatic heterocycles. The third-order valence-corrected chi connectivity index (χ3v) is 2.53. The number of furan rings is 1. The molecule has 0 unspecified atom stereocenters. The van der Waals surface area contributed by atoms with Crippen molar-refractivity contribution >= 4 is 37.7 Å². The van der Waals surface area contributed by atoms with Crippen molar-refractivity contribution in [3.8, 4) is 0 Å². The van der Waals surface area contributed by atoms with E-state index < -0.39 is 0 Å². The molecule has 2 rings (SSSR count). The SMILES string of the molecule is Brc1cnc(NCc2ccc(Br)o2)cn1. The fraction of sp³-hybridized carbons (Fsp3) is 0.111. The molecule has 0 aliphatic heterocycles. The molecule has 0 aliphatic carbocycles. The van der Waals surface area contributed by atoms with Crippen molar-refractivity contribution < 1.29 is 4.42 Å². The van der Waals surface area contributed by atoms with E-state index in [9.17, 15) is 0 Å². The highest BCUT2D eigenvalue weighted by molar-refractivity contribution is 9.10. The minimum absolute atomic E-state index is 0.585. The lowest BCUT2D eigenvalue weighted by atomic mass is 10.4. The number of nitrogens with zero attached hydrogens (tertiary/aromatic N) is 2. The number of halogens is 2. The Morgan fingerprint density at radius 1 is 1.20 bits per heavy atom. The van der Waals surface area contributed by atoms with Crippen molar-refractivity contribution in [2.45, 2.75) is 6.54 Å². The molecule has 0 aromatic carbocycles. The fourth-order valence-corrected chi connectivity index (χ4v) is 1.57. The van der Waals surface area contributed by atoms with Crippen molar-refractivity contribution in [3.05, 3.63) is 39.6 Å². The van der Waals surface area contributed by atoms with Crippen LogP contribution in [0.4, 0.5) is 5.82 Å². The van der Waals surface area contributed by atoms with Crippen molar-refractivity contribution in [1.29, 1.82) is 0 Å². The van der Waals surface area contributed by atoms with Crippen LogP contribution in [0.2, 0.25) is 0 Å². The number of nitrogens with one attached hydrogen (secondary N) is 1. The first-order valence-corrected chi connectivity index (χ1v) is 5.78. The van der Waals surface area contributed by atoms with Crippen LogP contribution in [-0.2, 0) is 6.54 Å². The number of hydrogen-bond donors (Lipinski definition) is 1. The van der Waals surface area contributed by atoms with E-state index in [0.29, 0.717) is 17.0 Å².